The highest BCUT2D eigenvalue weighted by molar-refractivity contribution is 5.22. The summed E-state index contributed by atoms with van der Waals surface area (Å²) in [7, 11) is 0. The van der Waals surface area contributed by atoms with Gasteiger partial charge in [-0.05, 0) is 62.5 Å². The van der Waals surface area contributed by atoms with E-state index in [-0.39, 0.29) is 0 Å². The number of aliphatic hydroxyl groups is 1. The molecule has 2 heterocycles. The zero-order valence-corrected chi connectivity index (χ0v) is 14.1. The van der Waals surface area contributed by atoms with Crippen molar-refractivity contribution in [3.63, 3.8) is 0 Å². The molecule has 1 saturated heterocycles. The van der Waals surface area contributed by atoms with Crippen molar-refractivity contribution in [2.75, 3.05) is 19.6 Å². The molecule has 0 aromatic carbocycles. The molecular formula is C20H28N2O. The summed E-state index contributed by atoms with van der Waals surface area (Å²) in [4.78, 5) is 7.16. The van der Waals surface area contributed by atoms with Crippen molar-refractivity contribution in [1.29, 1.82) is 0 Å². The SMILES string of the molecule is Cc1ccc([C@]2(O)CC[C@H]3CN(C[C@H]4CC=CCC4)C[C@H]32)nc1. The average Bonchev–Trinajstić information content (AvgIpc) is 3.10. The van der Waals surface area contributed by atoms with Crippen LogP contribution in [0, 0.1) is 24.7 Å². The van der Waals surface area contributed by atoms with Gasteiger partial charge in [0.15, 0.2) is 0 Å². The predicted molar refractivity (Wildman–Crippen MR) is 92.0 cm³/mol. The van der Waals surface area contributed by atoms with Crippen molar-refractivity contribution in [2.45, 2.75) is 44.6 Å². The first-order valence-corrected chi connectivity index (χ1v) is 9.18. The molecule has 0 radical (unpaired) electrons. The molecule has 2 fully saturated rings. The number of fused-ring (bicyclic) bond motifs is 1. The third-order valence-corrected chi connectivity index (χ3v) is 6.28. The minimum absolute atomic E-state index is 0.358. The van der Waals surface area contributed by atoms with E-state index in [9.17, 15) is 5.11 Å². The fraction of sp³-hybridized carbons (Fsp3) is 0.650. The van der Waals surface area contributed by atoms with Gasteiger partial charge >= 0.3 is 0 Å². The van der Waals surface area contributed by atoms with E-state index >= 15 is 0 Å². The Bertz CT molecular complexity index is 582. The van der Waals surface area contributed by atoms with Gasteiger partial charge in [-0.15, -0.1) is 0 Å². The van der Waals surface area contributed by atoms with Gasteiger partial charge in [0.1, 0.15) is 5.60 Å². The Morgan fingerprint density at radius 2 is 2.17 bits per heavy atom. The number of aryl methyl sites for hydroxylation is 1. The van der Waals surface area contributed by atoms with Crippen LogP contribution in [0.15, 0.2) is 30.5 Å². The van der Waals surface area contributed by atoms with E-state index in [2.05, 4.69) is 28.1 Å². The lowest BCUT2D eigenvalue weighted by atomic mass is 9.85. The normalized spacial score (nSPS) is 37.2. The van der Waals surface area contributed by atoms with Crippen molar-refractivity contribution in [1.82, 2.24) is 9.88 Å². The number of rotatable bonds is 3. The van der Waals surface area contributed by atoms with Crippen LogP contribution in [0.1, 0.15) is 43.4 Å². The fourth-order valence-corrected chi connectivity index (χ4v) is 4.96. The summed E-state index contributed by atoms with van der Waals surface area (Å²) in [6, 6.07) is 4.11. The molecule has 1 aliphatic heterocycles. The number of nitrogens with zero attached hydrogens (tertiary/aromatic N) is 2. The zero-order chi connectivity index (χ0) is 15.9. The van der Waals surface area contributed by atoms with Crippen LogP contribution in [-0.4, -0.2) is 34.6 Å². The second kappa shape index (κ2) is 6.03. The van der Waals surface area contributed by atoms with E-state index in [1.807, 2.05) is 19.2 Å². The van der Waals surface area contributed by atoms with E-state index in [1.165, 1.54) is 32.4 Å². The second-order valence-electron chi connectivity index (χ2n) is 7.92. The summed E-state index contributed by atoms with van der Waals surface area (Å²) < 4.78 is 0. The van der Waals surface area contributed by atoms with Crippen LogP contribution in [0.5, 0.6) is 0 Å². The highest BCUT2D eigenvalue weighted by atomic mass is 16.3. The molecular weight excluding hydrogens is 284 g/mol. The maximum absolute atomic E-state index is 11.3. The zero-order valence-electron chi connectivity index (χ0n) is 14.1. The van der Waals surface area contributed by atoms with E-state index in [4.69, 9.17) is 0 Å². The number of allylic oxidation sites excluding steroid dienone is 2. The van der Waals surface area contributed by atoms with Gasteiger partial charge in [0, 0.05) is 31.7 Å². The summed E-state index contributed by atoms with van der Waals surface area (Å²) in [5, 5.41) is 11.3. The number of hydrogen-bond donors (Lipinski definition) is 1. The number of aromatic nitrogens is 1. The van der Waals surface area contributed by atoms with Crippen LogP contribution >= 0.6 is 0 Å². The highest BCUT2D eigenvalue weighted by Crippen LogP contribution is 2.50. The topological polar surface area (TPSA) is 36.4 Å². The Morgan fingerprint density at radius 1 is 1.26 bits per heavy atom. The Labute approximate surface area is 139 Å². The molecule has 0 amide bonds. The summed E-state index contributed by atoms with van der Waals surface area (Å²) in [5.41, 5.74) is 1.34. The molecule has 0 spiro atoms. The molecule has 4 rings (SSSR count). The summed E-state index contributed by atoms with van der Waals surface area (Å²) in [6.45, 7) is 5.46. The molecule has 4 atom stereocenters. The van der Waals surface area contributed by atoms with Crippen LogP contribution in [0.3, 0.4) is 0 Å². The van der Waals surface area contributed by atoms with Crippen LogP contribution < -0.4 is 0 Å². The first-order chi connectivity index (χ1) is 11.1. The van der Waals surface area contributed by atoms with Gasteiger partial charge in [-0.3, -0.25) is 4.98 Å². The van der Waals surface area contributed by atoms with Gasteiger partial charge in [0.25, 0.3) is 0 Å². The molecule has 1 saturated carbocycles. The molecule has 2 aliphatic carbocycles. The smallest absolute Gasteiger partial charge is 0.111 e. The van der Waals surface area contributed by atoms with Gasteiger partial charge in [0.2, 0.25) is 0 Å². The lowest BCUT2D eigenvalue weighted by Gasteiger charge is -2.31. The molecule has 1 aromatic rings. The first kappa shape index (κ1) is 15.3. The molecule has 3 heteroatoms. The first-order valence-electron chi connectivity index (χ1n) is 9.18. The quantitative estimate of drug-likeness (QED) is 0.870. The average molecular weight is 312 g/mol. The molecule has 124 valence electrons. The predicted octanol–water partition coefficient (Wildman–Crippen LogP) is 3.28. The van der Waals surface area contributed by atoms with Crippen LogP contribution in [0.2, 0.25) is 0 Å². The number of pyridine rings is 1. The number of likely N-dealkylation sites (tertiary alicyclic amines) is 1. The molecule has 1 N–H and O–H groups in total. The van der Waals surface area contributed by atoms with Crippen molar-refractivity contribution >= 4 is 0 Å². The lowest BCUT2D eigenvalue weighted by Crippen LogP contribution is -2.36. The van der Waals surface area contributed by atoms with E-state index in [1.54, 1.807) is 0 Å². The summed E-state index contributed by atoms with van der Waals surface area (Å²) >= 11 is 0. The third-order valence-electron chi connectivity index (χ3n) is 6.28. The molecule has 3 nitrogen and oxygen atoms in total. The Morgan fingerprint density at radius 3 is 2.91 bits per heavy atom. The highest BCUT2D eigenvalue weighted by Gasteiger charge is 2.53. The van der Waals surface area contributed by atoms with Crippen molar-refractivity contribution in [3.8, 4) is 0 Å². The second-order valence-corrected chi connectivity index (χ2v) is 7.92. The van der Waals surface area contributed by atoms with E-state index in [0.29, 0.717) is 11.8 Å². The molecule has 23 heavy (non-hydrogen) atoms. The molecule has 0 unspecified atom stereocenters. The van der Waals surface area contributed by atoms with Gasteiger partial charge in [-0.1, -0.05) is 18.2 Å². The van der Waals surface area contributed by atoms with Gasteiger partial charge < -0.3 is 10.0 Å². The minimum atomic E-state index is -0.709. The van der Waals surface area contributed by atoms with Crippen molar-refractivity contribution < 1.29 is 5.11 Å². The van der Waals surface area contributed by atoms with Crippen LogP contribution in [-0.2, 0) is 5.60 Å². The standard InChI is InChI=1S/C20H28N2O/c1-15-7-8-19(21-11-15)20(23)10-9-17-13-22(14-18(17)20)12-16-5-3-2-4-6-16/h2-3,7-8,11,16-18,23H,4-6,9-10,12-14H2,1H3/t16-,17-,18+,20-/m0/s1. The minimum Gasteiger partial charge on any atom is -0.383 e. The maximum atomic E-state index is 11.3. The number of hydrogen-bond acceptors (Lipinski definition) is 3. The Hall–Kier alpha value is -1.19. The Balaban J connectivity index is 1.46. The monoisotopic (exact) mass is 312 g/mol. The van der Waals surface area contributed by atoms with Crippen LogP contribution in [0.4, 0.5) is 0 Å². The molecule has 1 aromatic heterocycles. The fourth-order valence-electron chi connectivity index (χ4n) is 4.96. The molecule has 3 aliphatic rings. The summed E-state index contributed by atoms with van der Waals surface area (Å²) in [5.74, 6) is 1.81. The molecule has 0 bridgehead atoms. The largest absolute Gasteiger partial charge is 0.383 e. The van der Waals surface area contributed by atoms with E-state index in [0.717, 1.165) is 36.6 Å². The maximum Gasteiger partial charge on any atom is 0.111 e. The Kier molecular flexibility index (Phi) is 4.02. The van der Waals surface area contributed by atoms with Gasteiger partial charge in [0.05, 0.1) is 5.69 Å². The van der Waals surface area contributed by atoms with Gasteiger partial charge in [-0.2, -0.15) is 0 Å². The van der Waals surface area contributed by atoms with Crippen LogP contribution in [0.25, 0.3) is 0 Å². The van der Waals surface area contributed by atoms with E-state index < -0.39 is 5.60 Å². The van der Waals surface area contributed by atoms with Crippen molar-refractivity contribution in [3.05, 3.63) is 41.7 Å². The van der Waals surface area contributed by atoms with Crippen molar-refractivity contribution in [2.24, 2.45) is 17.8 Å². The van der Waals surface area contributed by atoms with Gasteiger partial charge in [-0.25, -0.2) is 0 Å². The summed E-state index contributed by atoms with van der Waals surface area (Å²) in [6.07, 6.45) is 12.4. The third kappa shape index (κ3) is 2.85. The lowest BCUT2D eigenvalue weighted by molar-refractivity contribution is -0.0111.